The molecule has 0 saturated carbocycles. The molecule has 0 saturated heterocycles. The quantitative estimate of drug-likeness (QED) is 0.255. The van der Waals surface area contributed by atoms with Crippen molar-refractivity contribution in [2.24, 2.45) is 0 Å². The van der Waals surface area contributed by atoms with Gasteiger partial charge in [-0.3, -0.25) is 0 Å². The fourth-order valence-electron chi connectivity index (χ4n) is 2.74. The predicted molar refractivity (Wildman–Crippen MR) is 117 cm³/mol. The topological polar surface area (TPSA) is 64.6 Å². The minimum Gasteiger partial charge on any atom is -0.377 e. The van der Waals surface area contributed by atoms with Crippen molar-refractivity contribution in [1.82, 2.24) is 4.72 Å². The summed E-state index contributed by atoms with van der Waals surface area (Å²) >= 11 is 17.8. The molecule has 0 spiro atoms. The Hall–Kier alpha value is -0.860. The van der Waals surface area contributed by atoms with Crippen LogP contribution in [-0.2, 0) is 43.7 Å². The second-order valence-corrected chi connectivity index (χ2v) is 8.74. The van der Waals surface area contributed by atoms with Gasteiger partial charge in [0.15, 0.2) is 0 Å². The fraction of sp³-hybridized carbons (Fsp3) is 0.400. The number of hydrogen-bond acceptors (Lipinski definition) is 4. The Morgan fingerprint density at radius 1 is 0.828 bits per heavy atom. The molecule has 2 aromatic carbocycles. The number of halogens is 3. The van der Waals surface area contributed by atoms with E-state index in [1.165, 1.54) is 0 Å². The third-order valence-corrected chi connectivity index (χ3v) is 6.50. The van der Waals surface area contributed by atoms with Crippen LogP contribution < -0.4 is 4.72 Å². The van der Waals surface area contributed by atoms with Crippen molar-refractivity contribution >= 4 is 44.8 Å². The molecule has 160 valence electrons. The highest BCUT2D eigenvalue weighted by atomic mass is 35.5. The van der Waals surface area contributed by atoms with Gasteiger partial charge in [0.1, 0.15) is 6.73 Å². The molecule has 1 N–H and O–H groups in total. The first kappa shape index (κ1) is 24.4. The average Bonchev–Trinajstić information content (AvgIpc) is 2.75. The lowest BCUT2D eigenvalue weighted by molar-refractivity contribution is 0.0745. The first-order valence-corrected chi connectivity index (χ1v) is 12.1. The molecule has 29 heavy (non-hydrogen) atoms. The fourth-order valence-corrected chi connectivity index (χ4v) is 4.81. The van der Waals surface area contributed by atoms with Gasteiger partial charge in [-0.15, -0.1) is 34.8 Å². The Bertz CT molecular complexity index is 838. The van der Waals surface area contributed by atoms with Crippen LogP contribution in [0.25, 0.3) is 0 Å². The van der Waals surface area contributed by atoms with E-state index in [9.17, 15) is 8.42 Å². The first-order valence-electron chi connectivity index (χ1n) is 9.03. The zero-order chi connectivity index (χ0) is 21.1. The van der Waals surface area contributed by atoms with Gasteiger partial charge in [-0.25, -0.2) is 8.42 Å². The smallest absolute Gasteiger partial charge is 0.243 e. The third kappa shape index (κ3) is 7.72. The summed E-state index contributed by atoms with van der Waals surface area (Å²) < 4.78 is 38.8. The van der Waals surface area contributed by atoms with E-state index in [2.05, 4.69) is 4.72 Å². The third-order valence-electron chi connectivity index (χ3n) is 4.05. The molecule has 0 aromatic heterocycles. The minimum atomic E-state index is -3.82. The lowest BCUT2D eigenvalue weighted by atomic mass is 10.1. The van der Waals surface area contributed by atoms with Crippen molar-refractivity contribution in [2.75, 3.05) is 19.9 Å². The highest BCUT2D eigenvalue weighted by Gasteiger charge is 2.22. The van der Waals surface area contributed by atoms with Crippen molar-refractivity contribution < 1.29 is 17.9 Å². The van der Waals surface area contributed by atoms with Crippen LogP contribution in [0.4, 0.5) is 0 Å². The molecule has 0 aliphatic heterocycles. The van der Waals surface area contributed by atoms with E-state index >= 15 is 0 Å². The van der Waals surface area contributed by atoms with E-state index in [4.69, 9.17) is 44.3 Å². The second-order valence-electron chi connectivity index (χ2n) is 6.24. The molecule has 0 unspecified atom stereocenters. The van der Waals surface area contributed by atoms with Gasteiger partial charge in [-0.1, -0.05) is 42.5 Å². The molecule has 2 aromatic rings. The molecule has 0 bridgehead atoms. The summed E-state index contributed by atoms with van der Waals surface area (Å²) in [5.74, 6) is 0.311. The average molecular weight is 481 g/mol. The molecular weight excluding hydrogens is 457 g/mol. The number of benzene rings is 2. The molecule has 0 radical (unpaired) electrons. The summed E-state index contributed by atoms with van der Waals surface area (Å²) in [6.07, 6.45) is 0.652. The van der Waals surface area contributed by atoms with E-state index in [0.29, 0.717) is 37.4 Å². The Labute approximate surface area is 187 Å². The Balaban J connectivity index is 1.80. The molecule has 0 fully saturated rings. The maximum atomic E-state index is 12.7. The van der Waals surface area contributed by atoms with Crippen LogP contribution in [-0.4, -0.2) is 28.4 Å². The zero-order valence-electron chi connectivity index (χ0n) is 15.9. The summed E-state index contributed by atoms with van der Waals surface area (Å²) in [6.45, 7) is 1.28. The van der Waals surface area contributed by atoms with Gasteiger partial charge in [0.25, 0.3) is 0 Å². The summed E-state index contributed by atoms with van der Waals surface area (Å²) in [5.41, 5.74) is 2.79. The van der Waals surface area contributed by atoms with Crippen molar-refractivity contribution in [3.8, 4) is 0 Å². The van der Waals surface area contributed by atoms with Gasteiger partial charge >= 0.3 is 0 Å². The van der Waals surface area contributed by atoms with Crippen LogP contribution in [0.15, 0.2) is 47.4 Å². The lowest BCUT2D eigenvalue weighted by Gasteiger charge is -2.15. The molecule has 0 atom stereocenters. The van der Waals surface area contributed by atoms with Crippen LogP contribution in [0.2, 0.25) is 0 Å². The largest absolute Gasteiger partial charge is 0.377 e. The molecule has 0 heterocycles. The molecule has 0 aliphatic rings. The van der Waals surface area contributed by atoms with E-state index in [1.807, 2.05) is 30.3 Å². The van der Waals surface area contributed by atoms with Crippen molar-refractivity contribution in [3.63, 3.8) is 0 Å². The molecule has 5 nitrogen and oxygen atoms in total. The number of nitrogens with one attached hydrogen (secondary N) is 1. The second kappa shape index (κ2) is 12.7. The van der Waals surface area contributed by atoms with Gasteiger partial charge in [0, 0.05) is 24.2 Å². The number of ether oxygens (including phenoxy) is 2. The normalized spacial score (nSPS) is 11.7. The van der Waals surface area contributed by atoms with Gasteiger partial charge in [0.05, 0.1) is 18.1 Å². The number of rotatable bonds is 13. The van der Waals surface area contributed by atoms with Crippen LogP contribution in [0, 0.1) is 0 Å². The summed E-state index contributed by atoms with van der Waals surface area (Å²) in [6, 6.07) is 13.2. The monoisotopic (exact) mass is 479 g/mol. The first-order chi connectivity index (χ1) is 14.0. The lowest BCUT2D eigenvalue weighted by Crippen LogP contribution is -2.28. The molecule has 0 amide bonds. The van der Waals surface area contributed by atoms with Gasteiger partial charge in [0.2, 0.25) is 10.0 Å². The standard InChI is InChI=1S/C20H24Cl3NO4S/c21-11-17-9-18(12-22)20(19(10-17)13-23)29(25,26)24-15-28-8-4-7-27-14-16-5-2-1-3-6-16/h1-3,5-6,9-10,24H,4,7-8,11-15H2. The van der Waals surface area contributed by atoms with Crippen LogP contribution >= 0.6 is 34.8 Å². The van der Waals surface area contributed by atoms with Crippen LogP contribution in [0.3, 0.4) is 0 Å². The van der Waals surface area contributed by atoms with Crippen molar-refractivity contribution in [2.45, 2.75) is 35.6 Å². The number of sulfonamides is 1. The SMILES string of the molecule is O=S(=O)(NCOCCCOCc1ccccc1)c1c(CCl)cc(CCl)cc1CCl. The van der Waals surface area contributed by atoms with Crippen LogP contribution in [0.5, 0.6) is 0 Å². The maximum absolute atomic E-state index is 12.7. The Morgan fingerprint density at radius 3 is 2.03 bits per heavy atom. The summed E-state index contributed by atoms with van der Waals surface area (Å²) in [4.78, 5) is 0.0890. The van der Waals surface area contributed by atoms with Gasteiger partial charge < -0.3 is 9.47 Å². The molecular formula is C20H24Cl3NO4S. The van der Waals surface area contributed by atoms with Crippen LogP contribution in [0.1, 0.15) is 28.7 Å². The van der Waals surface area contributed by atoms with E-state index in [0.717, 1.165) is 11.1 Å². The zero-order valence-corrected chi connectivity index (χ0v) is 19.0. The van der Waals surface area contributed by atoms with E-state index in [-0.39, 0.29) is 29.3 Å². The van der Waals surface area contributed by atoms with Gasteiger partial charge in [-0.2, -0.15) is 4.72 Å². The maximum Gasteiger partial charge on any atom is 0.243 e. The minimum absolute atomic E-state index is 0.0322. The molecule has 9 heteroatoms. The summed E-state index contributed by atoms with van der Waals surface area (Å²) in [5, 5.41) is 0. The molecule has 0 aliphatic carbocycles. The molecule has 2 rings (SSSR count). The van der Waals surface area contributed by atoms with Crippen molar-refractivity contribution in [3.05, 3.63) is 64.7 Å². The van der Waals surface area contributed by atoms with E-state index in [1.54, 1.807) is 12.1 Å². The highest BCUT2D eigenvalue weighted by Crippen LogP contribution is 2.26. The number of alkyl halides is 3. The highest BCUT2D eigenvalue weighted by molar-refractivity contribution is 7.89. The van der Waals surface area contributed by atoms with Gasteiger partial charge in [-0.05, 0) is 28.7 Å². The Kier molecular flexibility index (Phi) is 10.7. The van der Waals surface area contributed by atoms with Crippen molar-refractivity contribution in [1.29, 1.82) is 0 Å². The number of hydrogen-bond donors (Lipinski definition) is 1. The summed E-state index contributed by atoms with van der Waals surface area (Å²) in [7, 11) is -3.82. The predicted octanol–water partition coefficient (Wildman–Crippen LogP) is 4.76. The van der Waals surface area contributed by atoms with E-state index < -0.39 is 10.0 Å². The Morgan fingerprint density at radius 2 is 1.45 bits per heavy atom.